The number of benzene rings is 1. The summed E-state index contributed by atoms with van der Waals surface area (Å²) in [5.41, 5.74) is 1.12. The number of nitro benzene ring substituents is 1. The second kappa shape index (κ2) is 7.93. The van der Waals surface area contributed by atoms with Gasteiger partial charge in [0.15, 0.2) is 0 Å². The molecule has 0 amide bonds. The molecule has 1 fully saturated rings. The fraction of sp³-hybridized carbons (Fsp3) is 0.600. The number of nitrogens with one attached hydrogen (secondary N) is 1. The molecule has 1 N–H and O–H groups in total. The second-order valence-electron chi connectivity index (χ2n) is 5.77. The summed E-state index contributed by atoms with van der Waals surface area (Å²) in [5.74, 6) is 0.564. The van der Waals surface area contributed by atoms with Gasteiger partial charge in [0.25, 0.3) is 5.69 Å². The van der Waals surface area contributed by atoms with Crippen LogP contribution >= 0.6 is 22.6 Å². The smallest absolute Gasteiger partial charge is 0.270 e. The van der Waals surface area contributed by atoms with Crippen LogP contribution in [0.1, 0.15) is 26.2 Å². The number of anilines is 1. The van der Waals surface area contributed by atoms with E-state index < -0.39 is 0 Å². The molecule has 1 aliphatic heterocycles. The van der Waals surface area contributed by atoms with Gasteiger partial charge in [-0.15, -0.1) is 0 Å². The van der Waals surface area contributed by atoms with E-state index in [9.17, 15) is 10.1 Å². The maximum atomic E-state index is 10.7. The van der Waals surface area contributed by atoms with E-state index in [-0.39, 0.29) is 10.6 Å². The first-order chi connectivity index (χ1) is 10.1. The molecular weight excluding hydrogens is 381 g/mol. The van der Waals surface area contributed by atoms with Gasteiger partial charge in [0.05, 0.1) is 4.92 Å². The summed E-state index contributed by atoms with van der Waals surface area (Å²) in [5, 5.41) is 14.1. The summed E-state index contributed by atoms with van der Waals surface area (Å²) in [6, 6.07) is 4.96. The van der Waals surface area contributed by atoms with Crippen molar-refractivity contribution in [3.63, 3.8) is 0 Å². The number of likely N-dealkylation sites (tertiary alicyclic amines) is 1. The molecule has 1 aliphatic rings. The molecular formula is C15H22IN3O2. The summed E-state index contributed by atoms with van der Waals surface area (Å²) < 4.78 is 0.895. The van der Waals surface area contributed by atoms with E-state index in [2.05, 4.69) is 39.7 Å². The van der Waals surface area contributed by atoms with Crippen LogP contribution in [-0.2, 0) is 0 Å². The van der Waals surface area contributed by atoms with Gasteiger partial charge in [0.1, 0.15) is 0 Å². The van der Waals surface area contributed by atoms with E-state index in [0.29, 0.717) is 5.92 Å². The Hall–Kier alpha value is -0.890. The van der Waals surface area contributed by atoms with Crippen molar-refractivity contribution in [1.29, 1.82) is 0 Å². The van der Waals surface area contributed by atoms with Gasteiger partial charge in [-0.1, -0.05) is 13.3 Å². The van der Waals surface area contributed by atoms with Crippen LogP contribution in [0, 0.1) is 19.6 Å². The Kier molecular flexibility index (Phi) is 6.22. The van der Waals surface area contributed by atoms with Crippen molar-refractivity contribution in [2.75, 3.05) is 31.5 Å². The molecule has 1 saturated heterocycles. The largest absolute Gasteiger partial charge is 0.384 e. The molecule has 21 heavy (non-hydrogen) atoms. The average molecular weight is 403 g/mol. The molecule has 1 aromatic carbocycles. The minimum absolute atomic E-state index is 0.145. The molecule has 0 saturated carbocycles. The van der Waals surface area contributed by atoms with Crippen molar-refractivity contribution in [1.82, 2.24) is 4.90 Å². The predicted octanol–water partition coefficient (Wildman–Crippen LogP) is 3.73. The van der Waals surface area contributed by atoms with Crippen molar-refractivity contribution in [3.05, 3.63) is 31.9 Å². The van der Waals surface area contributed by atoms with Crippen LogP contribution < -0.4 is 5.32 Å². The lowest BCUT2D eigenvalue weighted by Gasteiger charge is -2.29. The average Bonchev–Trinajstić information content (AvgIpc) is 2.47. The Morgan fingerprint density at radius 2 is 2.10 bits per heavy atom. The van der Waals surface area contributed by atoms with E-state index in [4.69, 9.17) is 0 Å². The third kappa shape index (κ3) is 5.10. The third-order valence-corrected chi connectivity index (χ3v) is 4.72. The van der Waals surface area contributed by atoms with Gasteiger partial charge in [0.2, 0.25) is 0 Å². The summed E-state index contributed by atoms with van der Waals surface area (Å²) >= 11 is 2.14. The number of hydrogen-bond donors (Lipinski definition) is 1. The Bertz CT molecular complexity index is 490. The zero-order chi connectivity index (χ0) is 15.2. The van der Waals surface area contributed by atoms with Crippen LogP contribution in [0.5, 0.6) is 0 Å². The van der Waals surface area contributed by atoms with Crippen LogP contribution in [-0.4, -0.2) is 36.0 Å². The molecule has 0 aliphatic carbocycles. The summed E-state index contributed by atoms with van der Waals surface area (Å²) in [6.07, 6.45) is 4.00. The van der Waals surface area contributed by atoms with Crippen LogP contribution in [0.4, 0.5) is 11.4 Å². The molecule has 0 bridgehead atoms. The maximum Gasteiger partial charge on any atom is 0.270 e. The van der Waals surface area contributed by atoms with Crippen LogP contribution in [0.15, 0.2) is 18.2 Å². The first-order valence-electron chi connectivity index (χ1n) is 7.46. The van der Waals surface area contributed by atoms with Crippen LogP contribution in [0.2, 0.25) is 0 Å². The fourth-order valence-electron chi connectivity index (χ4n) is 2.69. The van der Waals surface area contributed by atoms with Crippen LogP contribution in [0.3, 0.4) is 0 Å². The normalized spacial score (nSPS) is 17.4. The van der Waals surface area contributed by atoms with Gasteiger partial charge < -0.3 is 10.2 Å². The highest BCUT2D eigenvalue weighted by molar-refractivity contribution is 14.1. The predicted molar refractivity (Wildman–Crippen MR) is 93.8 cm³/mol. The van der Waals surface area contributed by atoms with Gasteiger partial charge in [-0.25, -0.2) is 0 Å². The highest BCUT2D eigenvalue weighted by Crippen LogP contribution is 2.24. The maximum absolute atomic E-state index is 10.7. The highest BCUT2D eigenvalue weighted by Gasteiger charge is 2.14. The molecule has 0 radical (unpaired) electrons. The molecule has 6 heteroatoms. The minimum atomic E-state index is -0.356. The SMILES string of the molecule is CC(CNc1ccc([N+](=O)[O-])cc1I)CN1CCCCC1. The Morgan fingerprint density at radius 3 is 2.71 bits per heavy atom. The summed E-state index contributed by atoms with van der Waals surface area (Å²) in [7, 11) is 0. The molecule has 1 unspecified atom stereocenters. The van der Waals surface area contributed by atoms with Gasteiger partial charge >= 0.3 is 0 Å². The molecule has 1 heterocycles. The molecule has 0 spiro atoms. The first-order valence-corrected chi connectivity index (χ1v) is 8.54. The fourth-order valence-corrected chi connectivity index (χ4v) is 3.38. The molecule has 2 rings (SSSR count). The Balaban J connectivity index is 1.83. The van der Waals surface area contributed by atoms with Crippen molar-refractivity contribution in [2.24, 2.45) is 5.92 Å². The lowest BCUT2D eigenvalue weighted by Crippen LogP contribution is -2.35. The van der Waals surface area contributed by atoms with Crippen LogP contribution in [0.25, 0.3) is 0 Å². The van der Waals surface area contributed by atoms with Crippen molar-refractivity contribution in [2.45, 2.75) is 26.2 Å². The van der Waals surface area contributed by atoms with Gasteiger partial charge in [-0.3, -0.25) is 10.1 Å². The topological polar surface area (TPSA) is 58.4 Å². The lowest BCUT2D eigenvalue weighted by molar-refractivity contribution is -0.384. The molecule has 5 nitrogen and oxygen atoms in total. The standard InChI is InChI=1S/C15H22IN3O2/c1-12(11-18-7-3-2-4-8-18)10-17-15-6-5-13(19(20)21)9-14(15)16/h5-6,9,12,17H,2-4,7-8,10-11H2,1H3. The zero-order valence-corrected chi connectivity index (χ0v) is 14.5. The third-order valence-electron chi connectivity index (χ3n) is 3.82. The highest BCUT2D eigenvalue weighted by atomic mass is 127. The van der Waals surface area contributed by atoms with Crippen molar-refractivity contribution in [3.8, 4) is 0 Å². The lowest BCUT2D eigenvalue weighted by atomic mass is 10.1. The number of piperidine rings is 1. The van der Waals surface area contributed by atoms with Gasteiger partial charge in [0, 0.05) is 34.5 Å². The Morgan fingerprint density at radius 1 is 1.38 bits per heavy atom. The van der Waals surface area contributed by atoms with E-state index in [0.717, 1.165) is 22.3 Å². The number of rotatable bonds is 6. The second-order valence-corrected chi connectivity index (χ2v) is 6.93. The summed E-state index contributed by atoms with van der Waals surface area (Å²) in [4.78, 5) is 12.9. The monoisotopic (exact) mass is 403 g/mol. The van der Waals surface area contributed by atoms with Gasteiger partial charge in [-0.2, -0.15) is 0 Å². The molecule has 0 aromatic heterocycles. The van der Waals surface area contributed by atoms with Gasteiger partial charge in [-0.05, 0) is 60.5 Å². The van der Waals surface area contributed by atoms with Crippen molar-refractivity contribution < 1.29 is 4.92 Å². The number of hydrogen-bond acceptors (Lipinski definition) is 4. The number of nitrogens with zero attached hydrogens (tertiary/aromatic N) is 2. The number of non-ortho nitro benzene ring substituents is 1. The molecule has 116 valence electrons. The number of nitro groups is 1. The zero-order valence-electron chi connectivity index (χ0n) is 12.3. The van der Waals surface area contributed by atoms with E-state index >= 15 is 0 Å². The van der Waals surface area contributed by atoms with E-state index in [1.54, 1.807) is 18.2 Å². The first kappa shape index (κ1) is 16.5. The molecule has 1 atom stereocenters. The van der Waals surface area contributed by atoms with Crippen molar-refractivity contribution >= 4 is 34.0 Å². The quantitative estimate of drug-likeness (QED) is 0.447. The Labute approximate surface area is 139 Å². The molecule has 1 aromatic rings. The van der Waals surface area contributed by atoms with E-state index in [1.807, 2.05) is 0 Å². The number of halogens is 1. The summed E-state index contributed by atoms with van der Waals surface area (Å²) in [6.45, 7) is 6.71. The van der Waals surface area contributed by atoms with E-state index in [1.165, 1.54) is 32.4 Å². The minimum Gasteiger partial charge on any atom is -0.384 e.